The predicted octanol–water partition coefficient (Wildman–Crippen LogP) is 3.19. The number of hydrogen-bond donors (Lipinski definition) is 1. The van der Waals surface area contributed by atoms with Gasteiger partial charge in [0.15, 0.2) is 13.3 Å². The van der Waals surface area contributed by atoms with Gasteiger partial charge >= 0.3 is 0 Å². The summed E-state index contributed by atoms with van der Waals surface area (Å²) in [7, 11) is 0. The molecule has 4 rings (SSSR count). The van der Waals surface area contributed by atoms with E-state index in [1.807, 2.05) is 24.3 Å². The van der Waals surface area contributed by atoms with Crippen LogP contribution < -0.4 is 14.5 Å². The number of para-hydroxylation sites is 2. The summed E-state index contributed by atoms with van der Waals surface area (Å²) in [4.78, 5) is 8.79. The maximum absolute atomic E-state index is 5.94. The molecule has 1 atom stereocenters. The topological polar surface area (TPSA) is 34.7 Å². The molecule has 1 aliphatic heterocycles. The molecule has 27 heavy (non-hydrogen) atoms. The summed E-state index contributed by atoms with van der Waals surface area (Å²) in [6.45, 7) is 6.78. The second-order valence-electron chi connectivity index (χ2n) is 7.06. The van der Waals surface area contributed by atoms with Gasteiger partial charge < -0.3 is 4.74 Å². The molecule has 0 aliphatic carbocycles. The van der Waals surface area contributed by atoms with E-state index in [1.165, 1.54) is 23.3 Å². The molecule has 1 unspecified atom stereocenters. The summed E-state index contributed by atoms with van der Waals surface area (Å²) in [5.41, 5.74) is 2.29. The van der Waals surface area contributed by atoms with Gasteiger partial charge in [0, 0.05) is 11.6 Å². The molecule has 2 aromatic carbocycles. The molecule has 0 fully saturated rings. The van der Waals surface area contributed by atoms with Crippen molar-refractivity contribution in [1.82, 2.24) is 9.55 Å². The number of nitrogens with zero attached hydrogens (tertiary/aromatic N) is 3. The van der Waals surface area contributed by atoms with Crippen LogP contribution >= 0.6 is 11.6 Å². The number of nitrogens with one attached hydrogen (secondary N) is 1. The average molecular weight is 386 g/mol. The van der Waals surface area contributed by atoms with Gasteiger partial charge in [-0.1, -0.05) is 37.1 Å². The Morgan fingerprint density at radius 2 is 1.93 bits per heavy atom. The first kappa shape index (κ1) is 18.1. The minimum Gasteiger partial charge on any atom is -0.488 e. The predicted molar refractivity (Wildman–Crippen MR) is 110 cm³/mol. The van der Waals surface area contributed by atoms with Crippen molar-refractivity contribution < 1.29 is 9.64 Å². The average Bonchev–Trinajstić information content (AvgIpc) is 3.07. The maximum Gasteiger partial charge on any atom is 0.215 e. The highest BCUT2D eigenvalue weighted by molar-refractivity contribution is 6.30. The summed E-state index contributed by atoms with van der Waals surface area (Å²) in [6.07, 6.45) is 2.36. The van der Waals surface area contributed by atoms with E-state index in [9.17, 15) is 0 Å². The van der Waals surface area contributed by atoms with Crippen LogP contribution in [-0.4, -0.2) is 35.9 Å². The van der Waals surface area contributed by atoms with E-state index in [0.717, 1.165) is 48.7 Å². The number of fused-ring (bicyclic) bond motifs is 3. The summed E-state index contributed by atoms with van der Waals surface area (Å²) < 4.78 is 8.27. The zero-order chi connectivity index (χ0) is 18.6. The van der Waals surface area contributed by atoms with Gasteiger partial charge in [-0.05, 0) is 42.8 Å². The largest absolute Gasteiger partial charge is 0.488 e. The third-order valence-electron chi connectivity index (χ3n) is 5.03. The zero-order valence-electron chi connectivity index (χ0n) is 15.7. The Morgan fingerprint density at radius 3 is 2.74 bits per heavy atom. The van der Waals surface area contributed by atoms with Crippen LogP contribution in [0.1, 0.15) is 19.8 Å². The highest BCUT2D eigenvalue weighted by Crippen LogP contribution is 2.23. The molecule has 0 bridgehead atoms. The number of imidazole rings is 1. The van der Waals surface area contributed by atoms with E-state index < -0.39 is 0 Å². The van der Waals surface area contributed by atoms with Crippen molar-refractivity contribution in [2.45, 2.75) is 26.4 Å². The molecule has 0 amide bonds. The Labute approximate surface area is 165 Å². The van der Waals surface area contributed by atoms with E-state index in [4.69, 9.17) is 21.3 Å². The fraction of sp³-hybridized carbons (Fsp3) is 0.381. The normalized spacial score (nSPS) is 16.5. The lowest BCUT2D eigenvalue weighted by Crippen LogP contribution is -3.14. The summed E-state index contributed by atoms with van der Waals surface area (Å²) in [5.74, 6) is 1.97. The van der Waals surface area contributed by atoms with Crippen molar-refractivity contribution in [3.8, 4) is 5.75 Å². The highest BCUT2D eigenvalue weighted by Gasteiger charge is 2.28. The minimum atomic E-state index is 0.681. The number of aromatic nitrogens is 2. The van der Waals surface area contributed by atoms with Crippen molar-refractivity contribution in [1.29, 1.82) is 0 Å². The van der Waals surface area contributed by atoms with Gasteiger partial charge in [0.05, 0.1) is 11.0 Å². The standard InChI is InChI=1S/C21H25ClN4O/c1-2-3-12-25-15-24(13-14-27-18-10-8-17(22)9-11-18)16-26-20-7-5-4-6-19(20)23-21(25)26/h4-11H,2-3,12-16H2,1H3/p+1. The minimum absolute atomic E-state index is 0.681. The lowest BCUT2D eigenvalue weighted by molar-refractivity contribution is -0.924. The lowest BCUT2D eigenvalue weighted by Gasteiger charge is -2.34. The van der Waals surface area contributed by atoms with Gasteiger partial charge in [-0.2, -0.15) is 0 Å². The van der Waals surface area contributed by atoms with Crippen molar-refractivity contribution in [3.05, 3.63) is 53.6 Å². The SMILES string of the molecule is CCCCN1C[NH+](CCOc2ccc(Cl)cc2)Cn2c1nc1ccccc12. The fourth-order valence-corrected chi connectivity index (χ4v) is 3.73. The van der Waals surface area contributed by atoms with Crippen LogP contribution in [0.4, 0.5) is 5.95 Å². The molecule has 142 valence electrons. The van der Waals surface area contributed by atoms with Gasteiger partial charge in [0.25, 0.3) is 0 Å². The van der Waals surface area contributed by atoms with Crippen molar-refractivity contribution >= 4 is 28.6 Å². The maximum atomic E-state index is 5.94. The molecule has 0 saturated heterocycles. The summed E-state index contributed by atoms with van der Waals surface area (Å²) in [6, 6.07) is 16.0. The van der Waals surface area contributed by atoms with Gasteiger partial charge in [-0.25, -0.2) is 4.98 Å². The monoisotopic (exact) mass is 385 g/mol. The van der Waals surface area contributed by atoms with Crippen molar-refractivity contribution in [2.24, 2.45) is 0 Å². The number of halogens is 1. The molecule has 1 N–H and O–H groups in total. The molecular formula is C21H26ClN4O+. The fourth-order valence-electron chi connectivity index (χ4n) is 3.60. The first-order valence-corrected chi connectivity index (χ1v) is 10.0. The first-order chi connectivity index (χ1) is 13.2. The van der Waals surface area contributed by atoms with Crippen LogP contribution in [0.2, 0.25) is 5.02 Å². The molecule has 3 aromatic rings. The second-order valence-corrected chi connectivity index (χ2v) is 7.50. The molecule has 6 heteroatoms. The molecule has 1 aliphatic rings. The van der Waals surface area contributed by atoms with Gasteiger partial charge in [-0.15, -0.1) is 0 Å². The van der Waals surface area contributed by atoms with Crippen molar-refractivity contribution in [3.63, 3.8) is 0 Å². The number of hydrogen-bond acceptors (Lipinski definition) is 3. The van der Waals surface area contributed by atoms with Crippen molar-refractivity contribution in [2.75, 3.05) is 31.3 Å². The Bertz CT molecular complexity index is 893. The number of unbranched alkanes of at least 4 members (excludes halogenated alkanes) is 1. The molecular weight excluding hydrogens is 360 g/mol. The molecule has 0 saturated carbocycles. The Morgan fingerprint density at radius 1 is 1.11 bits per heavy atom. The number of rotatable bonds is 7. The van der Waals surface area contributed by atoms with Crippen LogP contribution in [0.3, 0.4) is 0 Å². The van der Waals surface area contributed by atoms with Gasteiger partial charge in [0.1, 0.15) is 18.9 Å². The smallest absolute Gasteiger partial charge is 0.215 e. The summed E-state index contributed by atoms with van der Waals surface area (Å²) >= 11 is 5.94. The Hall–Kier alpha value is -2.24. The van der Waals surface area contributed by atoms with Gasteiger partial charge in [0.2, 0.25) is 5.95 Å². The third-order valence-corrected chi connectivity index (χ3v) is 5.28. The highest BCUT2D eigenvalue weighted by atomic mass is 35.5. The van der Waals surface area contributed by atoms with Crippen LogP contribution in [0.15, 0.2) is 48.5 Å². The van der Waals surface area contributed by atoms with Crippen LogP contribution in [0.5, 0.6) is 5.75 Å². The quantitative estimate of drug-likeness (QED) is 0.678. The van der Waals surface area contributed by atoms with E-state index in [0.29, 0.717) is 6.61 Å². The number of anilines is 1. The molecule has 5 nitrogen and oxygen atoms in total. The second kappa shape index (κ2) is 8.19. The van der Waals surface area contributed by atoms with Crippen LogP contribution in [-0.2, 0) is 6.67 Å². The van der Waals surface area contributed by atoms with Crippen LogP contribution in [0.25, 0.3) is 11.0 Å². The van der Waals surface area contributed by atoms with E-state index in [-0.39, 0.29) is 0 Å². The number of quaternary nitrogens is 1. The number of ether oxygens (including phenoxy) is 1. The van der Waals surface area contributed by atoms with Crippen LogP contribution in [0, 0.1) is 0 Å². The molecule has 1 aromatic heterocycles. The molecule has 0 radical (unpaired) electrons. The Kier molecular flexibility index (Phi) is 5.50. The lowest BCUT2D eigenvalue weighted by atomic mass is 10.3. The number of benzene rings is 2. The van der Waals surface area contributed by atoms with E-state index in [2.05, 4.69) is 40.7 Å². The van der Waals surface area contributed by atoms with Gasteiger partial charge in [-0.3, -0.25) is 14.4 Å². The Balaban J connectivity index is 1.47. The first-order valence-electron chi connectivity index (χ1n) is 9.66. The molecule has 0 spiro atoms. The van der Waals surface area contributed by atoms with E-state index >= 15 is 0 Å². The zero-order valence-corrected chi connectivity index (χ0v) is 16.5. The third kappa shape index (κ3) is 4.04. The summed E-state index contributed by atoms with van der Waals surface area (Å²) in [5, 5.41) is 0.732. The van der Waals surface area contributed by atoms with E-state index in [1.54, 1.807) is 0 Å². The molecule has 2 heterocycles.